The van der Waals surface area contributed by atoms with Crippen molar-refractivity contribution in [3.8, 4) is 0 Å². The van der Waals surface area contributed by atoms with Crippen LogP contribution in [0.3, 0.4) is 0 Å². The number of carbonyl (C=O) groups excluding carboxylic acids is 1. The summed E-state index contributed by atoms with van der Waals surface area (Å²) in [6.07, 6.45) is 1.81. The van der Waals surface area contributed by atoms with Crippen LogP contribution in [0.25, 0.3) is 11.6 Å². The largest absolute Gasteiger partial charge is 0.361 e. The van der Waals surface area contributed by atoms with Gasteiger partial charge in [0, 0.05) is 32.1 Å². The number of amides is 1. The molecule has 1 fully saturated rings. The Balaban J connectivity index is 1.62. The molecule has 38 heavy (non-hydrogen) atoms. The van der Waals surface area contributed by atoms with Crippen LogP contribution >= 0.6 is 11.6 Å². The molecule has 0 saturated carbocycles. The van der Waals surface area contributed by atoms with E-state index in [9.17, 15) is 17.6 Å². The normalized spacial score (nSPS) is 17.8. The third kappa shape index (κ3) is 4.78. The molecule has 0 N–H and O–H groups in total. The number of hydrogen-bond donors (Lipinski definition) is 0. The van der Waals surface area contributed by atoms with Crippen LogP contribution in [-0.4, -0.2) is 51.4 Å². The van der Waals surface area contributed by atoms with Gasteiger partial charge in [0.25, 0.3) is 10.0 Å². The monoisotopic (exact) mass is 553 g/mol. The molecular weight excluding hydrogens is 525 g/mol. The number of anilines is 2. The van der Waals surface area contributed by atoms with Gasteiger partial charge < -0.3 is 9.80 Å². The molecule has 0 bridgehead atoms. The van der Waals surface area contributed by atoms with Crippen molar-refractivity contribution in [1.29, 1.82) is 0 Å². The summed E-state index contributed by atoms with van der Waals surface area (Å²) in [4.78, 5) is 16.3. The second-order valence-corrected chi connectivity index (χ2v) is 12.1. The molecule has 0 aliphatic carbocycles. The summed E-state index contributed by atoms with van der Waals surface area (Å²) in [6, 6.07) is 16.9. The van der Waals surface area contributed by atoms with Gasteiger partial charge in [-0.25, -0.2) is 12.8 Å². The van der Waals surface area contributed by atoms with Gasteiger partial charge >= 0.3 is 0 Å². The lowest BCUT2D eigenvalue weighted by molar-refractivity contribution is -0.129. The molecule has 2 aliphatic rings. The highest BCUT2D eigenvalue weighted by molar-refractivity contribution is 7.92. The number of nitrogens with zero attached hydrogens (tertiary/aromatic N) is 3. The van der Waals surface area contributed by atoms with Gasteiger partial charge in [-0.3, -0.25) is 9.10 Å². The predicted octanol–water partition coefficient (Wildman–Crippen LogP) is 5.59. The van der Waals surface area contributed by atoms with E-state index in [0.29, 0.717) is 41.5 Å². The van der Waals surface area contributed by atoms with E-state index < -0.39 is 15.8 Å². The SMILES string of the molecule is CC(=O)N1CCN2c3ccc(/C=C(\C)c4c(F)cccc4Cl)cc3N(S(=O)(=O)c3cccc(C)c3)C[C@@H]2C1. The molecule has 1 saturated heterocycles. The molecular formula is C29H29ClFN3O3S. The maximum atomic E-state index is 14.5. The van der Waals surface area contributed by atoms with Crippen LogP contribution in [0.2, 0.25) is 5.02 Å². The molecule has 5 rings (SSSR count). The van der Waals surface area contributed by atoms with E-state index in [2.05, 4.69) is 4.90 Å². The number of piperazine rings is 1. The summed E-state index contributed by atoms with van der Waals surface area (Å²) >= 11 is 6.28. The summed E-state index contributed by atoms with van der Waals surface area (Å²) in [5.74, 6) is -0.439. The Morgan fingerprint density at radius 1 is 1.00 bits per heavy atom. The van der Waals surface area contributed by atoms with Crippen LogP contribution in [0.5, 0.6) is 0 Å². The quantitative estimate of drug-likeness (QED) is 0.395. The molecule has 6 nitrogen and oxygen atoms in total. The van der Waals surface area contributed by atoms with Gasteiger partial charge in [0.15, 0.2) is 0 Å². The number of allylic oxidation sites excluding steroid dienone is 1. The third-order valence-corrected chi connectivity index (χ3v) is 9.29. The Morgan fingerprint density at radius 2 is 1.76 bits per heavy atom. The van der Waals surface area contributed by atoms with Gasteiger partial charge in [-0.1, -0.05) is 41.9 Å². The van der Waals surface area contributed by atoms with Crippen molar-refractivity contribution in [2.75, 3.05) is 35.4 Å². The van der Waals surface area contributed by atoms with E-state index in [-0.39, 0.29) is 23.4 Å². The maximum Gasteiger partial charge on any atom is 0.264 e. The number of fused-ring (bicyclic) bond motifs is 3. The second kappa shape index (κ2) is 10.1. The van der Waals surface area contributed by atoms with E-state index in [1.54, 1.807) is 42.2 Å². The molecule has 3 aromatic carbocycles. The summed E-state index contributed by atoms with van der Waals surface area (Å²) in [6.45, 7) is 7.01. The molecule has 0 unspecified atom stereocenters. The minimum Gasteiger partial charge on any atom is -0.361 e. The third-order valence-electron chi connectivity index (χ3n) is 7.20. The van der Waals surface area contributed by atoms with Crippen LogP contribution in [0, 0.1) is 12.7 Å². The topological polar surface area (TPSA) is 60.9 Å². The fourth-order valence-corrected chi connectivity index (χ4v) is 7.23. The minimum atomic E-state index is -3.90. The number of halogens is 2. The van der Waals surface area contributed by atoms with Crippen molar-refractivity contribution in [1.82, 2.24) is 4.90 Å². The second-order valence-electron chi connectivity index (χ2n) is 9.84. The van der Waals surface area contributed by atoms with Crippen molar-refractivity contribution in [3.63, 3.8) is 0 Å². The summed E-state index contributed by atoms with van der Waals surface area (Å²) < 4.78 is 44.0. The van der Waals surface area contributed by atoms with Crippen LogP contribution < -0.4 is 9.21 Å². The molecule has 0 radical (unpaired) electrons. The van der Waals surface area contributed by atoms with Gasteiger partial charge in [0.1, 0.15) is 5.82 Å². The first-order valence-electron chi connectivity index (χ1n) is 12.4. The Bertz CT molecular complexity index is 1540. The average Bonchev–Trinajstić information content (AvgIpc) is 2.87. The van der Waals surface area contributed by atoms with Crippen molar-refractivity contribution < 1.29 is 17.6 Å². The highest BCUT2D eigenvalue weighted by atomic mass is 35.5. The Morgan fingerprint density at radius 3 is 2.47 bits per heavy atom. The van der Waals surface area contributed by atoms with Gasteiger partial charge in [-0.2, -0.15) is 0 Å². The minimum absolute atomic E-state index is 0.0219. The van der Waals surface area contributed by atoms with E-state index >= 15 is 0 Å². The maximum absolute atomic E-state index is 14.5. The standard InChI is InChI=1S/C29H29ClFN3O3S/c1-19-6-4-7-24(14-19)38(36,37)34-18-23-17-32(21(3)35)12-13-33(23)27-11-10-22(16-28(27)34)15-20(2)29-25(30)8-5-9-26(29)31/h4-11,14-16,23H,12-13,17-18H2,1-3H3/b20-15+/t23-/m0/s1. The highest BCUT2D eigenvalue weighted by Gasteiger charge is 2.40. The fourth-order valence-electron chi connectivity index (χ4n) is 5.30. The van der Waals surface area contributed by atoms with Gasteiger partial charge in [-0.05, 0) is 66.9 Å². The lowest BCUT2D eigenvalue weighted by Crippen LogP contribution is -2.61. The first-order valence-corrected chi connectivity index (χ1v) is 14.3. The summed E-state index contributed by atoms with van der Waals surface area (Å²) in [5, 5.41) is 0.312. The molecule has 2 aliphatic heterocycles. The molecule has 1 amide bonds. The van der Waals surface area contributed by atoms with E-state index in [1.807, 2.05) is 37.3 Å². The Hall–Kier alpha value is -3.36. The number of carbonyl (C=O) groups is 1. The summed E-state index contributed by atoms with van der Waals surface area (Å²) in [7, 11) is -3.90. The number of rotatable bonds is 4. The zero-order chi connectivity index (χ0) is 27.2. The first-order chi connectivity index (χ1) is 18.1. The molecule has 198 valence electrons. The number of hydrogen-bond acceptors (Lipinski definition) is 4. The zero-order valence-corrected chi connectivity index (χ0v) is 23.1. The fraction of sp³-hybridized carbons (Fsp3) is 0.276. The van der Waals surface area contributed by atoms with Gasteiger partial charge in [0.05, 0.1) is 33.9 Å². The smallest absolute Gasteiger partial charge is 0.264 e. The lowest BCUT2D eigenvalue weighted by atomic mass is 10.0. The van der Waals surface area contributed by atoms with Crippen molar-refractivity contribution in [2.24, 2.45) is 0 Å². The molecule has 0 aromatic heterocycles. The van der Waals surface area contributed by atoms with E-state index in [0.717, 1.165) is 16.8 Å². The van der Waals surface area contributed by atoms with Crippen LogP contribution in [0.15, 0.2) is 65.6 Å². The number of benzene rings is 3. The predicted molar refractivity (Wildman–Crippen MR) is 150 cm³/mol. The molecule has 3 aromatic rings. The highest BCUT2D eigenvalue weighted by Crippen LogP contribution is 2.41. The van der Waals surface area contributed by atoms with Crippen molar-refractivity contribution in [2.45, 2.75) is 31.7 Å². The molecule has 1 atom stereocenters. The lowest BCUT2D eigenvalue weighted by Gasteiger charge is -2.49. The van der Waals surface area contributed by atoms with E-state index in [1.165, 1.54) is 17.3 Å². The zero-order valence-electron chi connectivity index (χ0n) is 21.5. The average molecular weight is 554 g/mol. The molecule has 9 heteroatoms. The van der Waals surface area contributed by atoms with Crippen LogP contribution in [0.4, 0.5) is 15.8 Å². The van der Waals surface area contributed by atoms with Gasteiger partial charge in [-0.15, -0.1) is 0 Å². The van der Waals surface area contributed by atoms with Crippen molar-refractivity contribution in [3.05, 3.63) is 88.2 Å². The Labute approximate surface area is 228 Å². The summed E-state index contributed by atoms with van der Waals surface area (Å²) in [5.41, 5.74) is 3.87. The molecule has 0 spiro atoms. The van der Waals surface area contributed by atoms with Crippen LogP contribution in [-0.2, 0) is 14.8 Å². The van der Waals surface area contributed by atoms with Crippen LogP contribution in [0.1, 0.15) is 30.5 Å². The Kier molecular flexibility index (Phi) is 6.96. The first kappa shape index (κ1) is 26.3. The van der Waals surface area contributed by atoms with E-state index in [4.69, 9.17) is 11.6 Å². The number of sulfonamides is 1. The van der Waals surface area contributed by atoms with Gasteiger partial charge in [0.2, 0.25) is 5.91 Å². The number of aryl methyl sites for hydroxylation is 1. The van der Waals surface area contributed by atoms with Crippen molar-refractivity contribution >= 4 is 50.6 Å². The molecule has 2 heterocycles.